The molecule has 0 saturated heterocycles. The Hall–Kier alpha value is -1.76. The van der Waals surface area contributed by atoms with Gasteiger partial charge in [-0.3, -0.25) is 0 Å². The highest BCUT2D eigenvalue weighted by Crippen LogP contribution is 2.51. The van der Waals surface area contributed by atoms with E-state index in [1.54, 1.807) is 0 Å². The van der Waals surface area contributed by atoms with Crippen LogP contribution in [0.2, 0.25) is 0 Å². The van der Waals surface area contributed by atoms with Gasteiger partial charge in [-0.05, 0) is 54.2 Å². The van der Waals surface area contributed by atoms with E-state index in [1.165, 1.54) is 22.0 Å². The molecule has 0 fully saturated rings. The van der Waals surface area contributed by atoms with Gasteiger partial charge in [-0.25, -0.2) is 0 Å². The molecule has 0 spiro atoms. The number of hydrogen-bond acceptors (Lipinski definition) is 2. The number of aromatic hydroxyl groups is 1. The van der Waals surface area contributed by atoms with E-state index in [0.29, 0.717) is 14.3 Å². The van der Waals surface area contributed by atoms with Crippen molar-refractivity contribution in [2.75, 3.05) is 0 Å². The fourth-order valence-corrected chi connectivity index (χ4v) is 6.49. The quantitative estimate of drug-likeness (QED) is 0.280. The number of phenols is 1. The number of thiol groups is 1. The van der Waals surface area contributed by atoms with Crippen LogP contribution in [0.3, 0.4) is 0 Å². The molecule has 0 amide bonds. The number of benzene rings is 3. The number of rotatable bonds is 8. The molecule has 158 valence electrons. The maximum atomic E-state index is 11.4. The number of hydrogen-bond donors (Lipinski definition) is 2. The SMILES string of the molecule is CCC(CC)(Pc1c(C)cccc1C(C)S)c1cccc(Cc2ccccc2)c1O. The van der Waals surface area contributed by atoms with Crippen molar-refractivity contribution in [3.8, 4) is 5.75 Å². The Morgan fingerprint density at radius 1 is 0.933 bits per heavy atom. The highest BCUT2D eigenvalue weighted by atomic mass is 32.1. The summed E-state index contributed by atoms with van der Waals surface area (Å²) in [5.41, 5.74) is 5.93. The Labute approximate surface area is 189 Å². The summed E-state index contributed by atoms with van der Waals surface area (Å²) in [6, 6.07) is 23.2. The van der Waals surface area contributed by atoms with Crippen molar-refractivity contribution in [1.29, 1.82) is 0 Å². The minimum Gasteiger partial charge on any atom is -0.507 e. The molecule has 0 aromatic heterocycles. The third kappa shape index (κ3) is 4.76. The van der Waals surface area contributed by atoms with Gasteiger partial charge in [0.2, 0.25) is 0 Å². The molecule has 1 nitrogen and oxygen atoms in total. The van der Waals surface area contributed by atoms with Gasteiger partial charge in [0.25, 0.3) is 0 Å². The smallest absolute Gasteiger partial charge is 0.123 e. The molecule has 0 radical (unpaired) electrons. The minimum absolute atomic E-state index is 0.0830. The molecule has 0 aliphatic heterocycles. The third-order valence-electron chi connectivity index (χ3n) is 6.20. The lowest BCUT2D eigenvalue weighted by atomic mass is 9.89. The largest absolute Gasteiger partial charge is 0.507 e. The maximum absolute atomic E-state index is 11.4. The van der Waals surface area contributed by atoms with E-state index in [2.05, 4.69) is 88.4 Å². The summed E-state index contributed by atoms with van der Waals surface area (Å²) in [6.07, 6.45) is 2.72. The lowest BCUT2D eigenvalue weighted by Gasteiger charge is -2.35. The first-order chi connectivity index (χ1) is 14.4. The molecular weight excluding hydrogens is 403 g/mol. The zero-order chi connectivity index (χ0) is 21.7. The van der Waals surface area contributed by atoms with Gasteiger partial charge in [-0.1, -0.05) is 89.2 Å². The van der Waals surface area contributed by atoms with E-state index in [1.807, 2.05) is 6.07 Å². The van der Waals surface area contributed by atoms with E-state index in [-0.39, 0.29) is 10.4 Å². The molecule has 30 heavy (non-hydrogen) atoms. The highest BCUT2D eigenvalue weighted by molar-refractivity contribution is 7.80. The summed E-state index contributed by atoms with van der Waals surface area (Å²) in [6.45, 7) is 8.84. The first-order valence-electron chi connectivity index (χ1n) is 10.8. The molecule has 3 aromatic carbocycles. The first-order valence-corrected chi connectivity index (χ1v) is 12.3. The Balaban J connectivity index is 2.06. The average Bonchev–Trinajstić information content (AvgIpc) is 2.75. The van der Waals surface area contributed by atoms with Crippen LogP contribution in [-0.4, -0.2) is 5.11 Å². The van der Waals surface area contributed by atoms with Crippen LogP contribution in [0.15, 0.2) is 66.7 Å². The fraction of sp³-hybridized carbons (Fsp3) is 0.333. The van der Waals surface area contributed by atoms with Crippen molar-refractivity contribution in [2.45, 2.75) is 57.4 Å². The van der Waals surface area contributed by atoms with Gasteiger partial charge >= 0.3 is 0 Å². The Bertz CT molecular complexity index is 977. The predicted molar refractivity (Wildman–Crippen MR) is 136 cm³/mol. The molecule has 3 heteroatoms. The average molecular weight is 437 g/mol. The molecule has 0 aliphatic carbocycles. The van der Waals surface area contributed by atoms with Crippen LogP contribution in [0.25, 0.3) is 0 Å². The second-order valence-corrected chi connectivity index (χ2v) is 10.6. The standard InChI is InChI=1S/C27H33OPS/c1-5-27(6-2,29-26-19(3)12-10-16-23(26)20(4)30)24-17-11-15-22(25(24)28)18-21-13-8-7-9-14-21/h7-17,20,28-30H,5-6,18H2,1-4H3. The molecule has 0 saturated carbocycles. The molecule has 2 atom stereocenters. The minimum atomic E-state index is -0.0830. The molecule has 0 heterocycles. The number of phenolic OH excluding ortho intramolecular Hbond substituents is 1. The lowest BCUT2D eigenvalue weighted by molar-refractivity contribution is 0.443. The molecule has 1 N–H and O–H groups in total. The van der Waals surface area contributed by atoms with Crippen LogP contribution in [0.1, 0.15) is 66.7 Å². The van der Waals surface area contributed by atoms with Crippen LogP contribution in [0.5, 0.6) is 5.75 Å². The van der Waals surface area contributed by atoms with E-state index in [4.69, 9.17) is 12.6 Å². The topological polar surface area (TPSA) is 20.2 Å². The van der Waals surface area contributed by atoms with Crippen molar-refractivity contribution >= 4 is 26.5 Å². The molecule has 0 aliphatic rings. The van der Waals surface area contributed by atoms with Crippen molar-refractivity contribution in [3.05, 3.63) is 94.5 Å². The predicted octanol–water partition coefficient (Wildman–Crippen LogP) is 7.30. The zero-order valence-electron chi connectivity index (χ0n) is 18.4. The number of para-hydroxylation sites is 1. The molecule has 0 bridgehead atoms. The van der Waals surface area contributed by atoms with E-state index in [0.717, 1.165) is 30.4 Å². The Morgan fingerprint density at radius 2 is 1.60 bits per heavy atom. The monoisotopic (exact) mass is 436 g/mol. The summed E-state index contributed by atoms with van der Waals surface area (Å²) in [7, 11) is 0.586. The van der Waals surface area contributed by atoms with Crippen molar-refractivity contribution in [3.63, 3.8) is 0 Å². The molecule has 3 aromatic rings. The zero-order valence-corrected chi connectivity index (χ0v) is 20.3. The second-order valence-electron chi connectivity index (χ2n) is 8.11. The van der Waals surface area contributed by atoms with E-state index < -0.39 is 0 Å². The summed E-state index contributed by atoms with van der Waals surface area (Å²) in [5, 5.41) is 12.9. The molecular formula is C27H33OPS. The van der Waals surface area contributed by atoms with Gasteiger partial charge in [-0.15, -0.1) is 0 Å². The van der Waals surface area contributed by atoms with Gasteiger partial charge in [0, 0.05) is 22.4 Å². The third-order valence-corrected chi connectivity index (χ3v) is 8.87. The normalized spacial score (nSPS) is 13.1. The van der Waals surface area contributed by atoms with Gasteiger partial charge in [0.1, 0.15) is 5.75 Å². The van der Waals surface area contributed by atoms with Gasteiger partial charge in [-0.2, -0.15) is 12.6 Å². The Kier molecular flexibility index (Phi) is 7.66. The summed E-state index contributed by atoms with van der Waals surface area (Å²) in [5.74, 6) is 0.464. The van der Waals surface area contributed by atoms with Crippen LogP contribution in [0.4, 0.5) is 0 Å². The summed E-state index contributed by atoms with van der Waals surface area (Å²) < 4.78 is 0. The van der Waals surface area contributed by atoms with Crippen molar-refractivity contribution in [2.24, 2.45) is 0 Å². The molecule has 2 unspecified atom stereocenters. The van der Waals surface area contributed by atoms with Crippen LogP contribution in [-0.2, 0) is 11.6 Å². The van der Waals surface area contributed by atoms with Crippen LogP contribution < -0.4 is 5.30 Å². The van der Waals surface area contributed by atoms with Gasteiger partial charge in [0.15, 0.2) is 0 Å². The van der Waals surface area contributed by atoms with Crippen molar-refractivity contribution in [1.82, 2.24) is 0 Å². The van der Waals surface area contributed by atoms with E-state index >= 15 is 0 Å². The first kappa shape index (κ1) is 22.9. The fourth-order valence-electron chi connectivity index (χ4n) is 4.26. The van der Waals surface area contributed by atoms with Crippen LogP contribution in [0, 0.1) is 6.92 Å². The van der Waals surface area contributed by atoms with Crippen molar-refractivity contribution < 1.29 is 5.11 Å². The van der Waals surface area contributed by atoms with Gasteiger partial charge in [0.05, 0.1) is 0 Å². The summed E-state index contributed by atoms with van der Waals surface area (Å²) >= 11 is 4.75. The maximum Gasteiger partial charge on any atom is 0.123 e. The lowest BCUT2D eigenvalue weighted by Crippen LogP contribution is -2.24. The number of aryl methyl sites for hydroxylation is 1. The van der Waals surface area contributed by atoms with Gasteiger partial charge < -0.3 is 5.11 Å². The van der Waals surface area contributed by atoms with E-state index in [9.17, 15) is 5.11 Å². The Morgan fingerprint density at radius 3 is 2.23 bits per heavy atom. The highest BCUT2D eigenvalue weighted by Gasteiger charge is 2.33. The molecule has 3 rings (SSSR count). The van der Waals surface area contributed by atoms with Crippen LogP contribution >= 0.6 is 21.2 Å². The summed E-state index contributed by atoms with van der Waals surface area (Å²) in [4.78, 5) is 0. The second kappa shape index (κ2) is 10.0.